The van der Waals surface area contributed by atoms with Crippen LogP contribution in [0.4, 0.5) is 0 Å². The topological polar surface area (TPSA) is 52.8 Å². The zero-order valence-electron chi connectivity index (χ0n) is 17.2. The first kappa shape index (κ1) is 19.3. The number of rotatable bonds is 5. The number of nitrogens with zero attached hydrogens (tertiary/aromatic N) is 2. The first-order valence-electron chi connectivity index (χ1n) is 9.90. The number of hydrogen-bond acceptors (Lipinski definition) is 5. The zero-order chi connectivity index (χ0) is 21.4. The van der Waals surface area contributed by atoms with Crippen LogP contribution in [0, 0.1) is 6.92 Å². The third-order valence-electron chi connectivity index (χ3n) is 5.16. The van der Waals surface area contributed by atoms with E-state index >= 15 is 0 Å². The van der Waals surface area contributed by atoms with Gasteiger partial charge in [0, 0.05) is 5.56 Å². The zero-order valence-corrected chi connectivity index (χ0v) is 18.0. The Morgan fingerprint density at radius 3 is 2.68 bits per heavy atom. The van der Waals surface area contributed by atoms with Gasteiger partial charge in [-0.1, -0.05) is 53.3 Å². The minimum atomic E-state index is -0.0824. The number of imidazole rings is 1. The molecule has 0 bridgehead atoms. The lowest BCUT2D eigenvalue weighted by Gasteiger charge is -2.11. The SMILES string of the molecule is COc1ccc(OCc2ccc(C)cc2)c(C=c2sc3nc4ccccc4n3c2=O)c1. The fraction of sp³-hybridized carbons (Fsp3) is 0.120. The highest BCUT2D eigenvalue weighted by atomic mass is 32.1. The normalized spacial score (nSPS) is 12.0. The molecule has 5 aromatic rings. The van der Waals surface area contributed by atoms with E-state index in [9.17, 15) is 4.79 Å². The first-order chi connectivity index (χ1) is 15.1. The summed E-state index contributed by atoms with van der Waals surface area (Å²) in [6.45, 7) is 2.50. The molecule has 0 N–H and O–H groups in total. The predicted octanol–water partition coefficient (Wildman–Crippen LogP) is 4.35. The van der Waals surface area contributed by atoms with Gasteiger partial charge in [0.25, 0.3) is 5.56 Å². The van der Waals surface area contributed by atoms with Crippen LogP contribution in [0.1, 0.15) is 16.7 Å². The summed E-state index contributed by atoms with van der Waals surface area (Å²) in [6.07, 6.45) is 1.85. The number of aryl methyl sites for hydroxylation is 1. The highest BCUT2D eigenvalue weighted by Crippen LogP contribution is 2.26. The van der Waals surface area contributed by atoms with Crippen molar-refractivity contribution in [3.8, 4) is 11.5 Å². The van der Waals surface area contributed by atoms with Gasteiger partial charge in [0.15, 0.2) is 4.96 Å². The molecule has 0 radical (unpaired) electrons. The number of aromatic nitrogens is 2. The third-order valence-corrected chi connectivity index (χ3v) is 6.13. The van der Waals surface area contributed by atoms with Crippen molar-refractivity contribution in [2.24, 2.45) is 0 Å². The molecule has 0 saturated carbocycles. The van der Waals surface area contributed by atoms with Gasteiger partial charge in [0.2, 0.25) is 0 Å². The van der Waals surface area contributed by atoms with Gasteiger partial charge in [-0.25, -0.2) is 9.38 Å². The van der Waals surface area contributed by atoms with Crippen LogP contribution in [0.15, 0.2) is 71.5 Å². The lowest BCUT2D eigenvalue weighted by molar-refractivity contribution is 0.304. The van der Waals surface area contributed by atoms with Gasteiger partial charge in [-0.15, -0.1) is 0 Å². The van der Waals surface area contributed by atoms with Crippen molar-refractivity contribution in [2.75, 3.05) is 7.11 Å². The minimum absolute atomic E-state index is 0.0824. The van der Waals surface area contributed by atoms with E-state index < -0.39 is 0 Å². The van der Waals surface area contributed by atoms with E-state index in [4.69, 9.17) is 9.47 Å². The second kappa shape index (κ2) is 7.89. The molecule has 0 saturated heterocycles. The molecule has 5 nitrogen and oxygen atoms in total. The van der Waals surface area contributed by atoms with Crippen molar-refractivity contribution >= 4 is 33.4 Å². The van der Waals surface area contributed by atoms with Gasteiger partial charge in [-0.3, -0.25) is 4.79 Å². The van der Waals surface area contributed by atoms with Gasteiger partial charge < -0.3 is 9.47 Å². The fourth-order valence-corrected chi connectivity index (χ4v) is 4.47. The quantitative estimate of drug-likeness (QED) is 0.418. The Hall–Kier alpha value is -3.64. The molecule has 2 heterocycles. The molecule has 0 fully saturated rings. The molecule has 0 unspecified atom stereocenters. The van der Waals surface area contributed by atoms with Crippen molar-refractivity contribution in [3.05, 3.63) is 98.3 Å². The standard InChI is InChI=1S/C25H20N2O3S/c1-16-7-9-17(10-8-16)15-30-22-12-11-19(29-2)13-18(22)14-23-24(28)27-21-6-4-3-5-20(21)26-25(27)31-23/h3-14H,15H2,1-2H3. The molecule has 0 aliphatic rings. The summed E-state index contributed by atoms with van der Waals surface area (Å²) >= 11 is 1.37. The number of thiazole rings is 1. The summed E-state index contributed by atoms with van der Waals surface area (Å²) in [5.74, 6) is 1.39. The summed E-state index contributed by atoms with van der Waals surface area (Å²) < 4.78 is 13.7. The second-order valence-electron chi connectivity index (χ2n) is 7.31. The number of hydrogen-bond donors (Lipinski definition) is 0. The molecule has 0 aliphatic carbocycles. The smallest absolute Gasteiger partial charge is 0.274 e. The third kappa shape index (κ3) is 3.66. The average molecular weight is 429 g/mol. The van der Waals surface area contributed by atoms with E-state index in [-0.39, 0.29) is 5.56 Å². The maximum Gasteiger partial charge on any atom is 0.274 e. The molecular weight excluding hydrogens is 408 g/mol. The molecule has 31 heavy (non-hydrogen) atoms. The molecule has 2 aromatic heterocycles. The lowest BCUT2D eigenvalue weighted by atomic mass is 10.1. The van der Waals surface area contributed by atoms with E-state index in [0.717, 1.165) is 22.2 Å². The Labute approximate surface area is 182 Å². The molecule has 6 heteroatoms. The molecule has 0 atom stereocenters. The number of methoxy groups -OCH3 is 1. The van der Waals surface area contributed by atoms with E-state index in [1.54, 1.807) is 11.5 Å². The van der Waals surface area contributed by atoms with E-state index in [1.165, 1.54) is 16.9 Å². The van der Waals surface area contributed by atoms with Crippen LogP contribution in [0.2, 0.25) is 0 Å². The van der Waals surface area contributed by atoms with Crippen LogP contribution in [-0.2, 0) is 6.61 Å². The van der Waals surface area contributed by atoms with Crippen molar-refractivity contribution in [3.63, 3.8) is 0 Å². The number of para-hydroxylation sites is 2. The Morgan fingerprint density at radius 1 is 1.06 bits per heavy atom. The monoisotopic (exact) mass is 428 g/mol. The summed E-state index contributed by atoms with van der Waals surface area (Å²) in [6, 6.07) is 21.5. The van der Waals surface area contributed by atoms with Crippen LogP contribution in [-0.4, -0.2) is 16.5 Å². The van der Waals surface area contributed by atoms with Crippen LogP contribution in [0.3, 0.4) is 0 Å². The maximum atomic E-state index is 13.1. The van der Waals surface area contributed by atoms with E-state index in [2.05, 4.69) is 36.2 Å². The highest BCUT2D eigenvalue weighted by molar-refractivity contribution is 7.15. The minimum Gasteiger partial charge on any atom is -0.497 e. The van der Waals surface area contributed by atoms with Crippen molar-refractivity contribution < 1.29 is 9.47 Å². The maximum absolute atomic E-state index is 13.1. The van der Waals surface area contributed by atoms with Crippen LogP contribution in [0.25, 0.3) is 22.1 Å². The molecular formula is C25H20N2O3S. The Balaban J connectivity index is 1.57. The van der Waals surface area contributed by atoms with Gasteiger partial charge in [0.05, 0.1) is 22.7 Å². The number of benzene rings is 3. The largest absolute Gasteiger partial charge is 0.497 e. The van der Waals surface area contributed by atoms with Crippen molar-refractivity contribution in [1.29, 1.82) is 0 Å². The molecule has 0 spiro atoms. The fourth-order valence-electron chi connectivity index (χ4n) is 3.50. The van der Waals surface area contributed by atoms with E-state index in [1.807, 2.05) is 48.5 Å². The van der Waals surface area contributed by atoms with Gasteiger partial charge in [-0.2, -0.15) is 0 Å². The molecule has 3 aromatic carbocycles. The summed E-state index contributed by atoms with van der Waals surface area (Å²) in [5.41, 5.74) is 4.64. The predicted molar refractivity (Wildman–Crippen MR) is 124 cm³/mol. The van der Waals surface area contributed by atoms with Crippen LogP contribution >= 0.6 is 11.3 Å². The van der Waals surface area contributed by atoms with Crippen molar-refractivity contribution in [1.82, 2.24) is 9.38 Å². The molecule has 0 aliphatic heterocycles. The van der Waals surface area contributed by atoms with Crippen molar-refractivity contribution in [2.45, 2.75) is 13.5 Å². The first-order valence-corrected chi connectivity index (χ1v) is 10.7. The Bertz CT molecular complexity index is 1500. The average Bonchev–Trinajstić information content (AvgIpc) is 3.30. The summed E-state index contributed by atoms with van der Waals surface area (Å²) in [5, 5.41) is 0. The Kier molecular flexibility index (Phi) is 4.92. The lowest BCUT2D eigenvalue weighted by Crippen LogP contribution is -2.22. The van der Waals surface area contributed by atoms with E-state index in [0.29, 0.717) is 27.6 Å². The number of fused-ring (bicyclic) bond motifs is 3. The Morgan fingerprint density at radius 2 is 1.87 bits per heavy atom. The van der Waals surface area contributed by atoms with Gasteiger partial charge in [-0.05, 0) is 48.9 Å². The molecule has 5 rings (SSSR count). The second-order valence-corrected chi connectivity index (χ2v) is 8.32. The van der Waals surface area contributed by atoms with Crippen LogP contribution in [0.5, 0.6) is 11.5 Å². The van der Waals surface area contributed by atoms with Crippen LogP contribution < -0.4 is 19.6 Å². The summed E-state index contributed by atoms with van der Waals surface area (Å²) in [4.78, 5) is 18.4. The highest BCUT2D eigenvalue weighted by Gasteiger charge is 2.12. The van der Waals surface area contributed by atoms with Gasteiger partial charge >= 0.3 is 0 Å². The molecule has 0 amide bonds. The number of ether oxygens (including phenoxy) is 2. The summed E-state index contributed by atoms with van der Waals surface area (Å²) in [7, 11) is 1.62. The van der Waals surface area contributed by atoms with Gasteiger partial charge in [0.1, 0.15) is 18.1 Å². The molecule has 154 valence electrons.